The second-order valence-electron chi connectivity index (χ2n) is 6.58. The number of likely N-dealkylation sites (tertiary alicyclic amines) is 1. The van der Waals surface area contributed by atoms with Gasteiger partial charge >= 0.3 is 0 Å². The summed E-state index contributed by atoms with van der Waals surface area (Å²) in [5.74, 6) is -3.42. The summed E-state index contributed by atoms with van der Waals surface area (Å²) in [6.45, 7) is 4.08. The molecule has 1 aromatic heterocycles. The zero-order chi connectivity index (χ0) is 20.0. The normalized spacial score (nSPS) is 18.8. The second kappa shape index (κ2) is 9.75. The number of hydrogen-bond donors (Lipinski definition) is 3. The highest BCUT2D eigenvalue weighted by molar-refractivity contribution is 7.15. The molecule has 0 radical (unpaired) electrons. The van der Waals surface area contributed by atoms with E-state index in [-0.39, 0.29) is 12.3 Å². The molecule has 0 bridgehead atoms. The number of carbonyl (C=O) groups excluding carboxylic acids is 3. The van der Waals surface area contributed by atoms with Gasteiger partial charge < -0.3 is 10.2 Å². The molecule has 1 fully saturated rings. The lowest BCUT2D eigenvalue weighted by atomic mass is 9.94. The van der Waals surface area contributed by atoms with E-state index in [1.54, 1.807) is 6.20 Å². The Balaban J connectivity index is 2.12. The highest BCUT2D eigenvalue weighted by Crippen LogP contribution is 2.27. The molecule has 3 amide bonds. The number of thiazole rings is 1. The van der Waals surface area contributed by atoms with Crippen LogP contribution in [-0.4, -0.2) is 51.6 Å². The van der Waals surface area contributed by atoms with Gasteiger partial charge in [-0.2, -0.15) is 0 Å². The van der Waals surface area contributed by atoms with Crippen LogP contribution in [0.5, 0.6) is 0 Å². The summed E-state index contributed by atoms with van der Waals surface area (Å²) in [5.41, 5.74) is 1.27. The minimum absolute atomic E-state index is 0.167. The van der Waals surface area contributed by atoms with Gasteiger partial charge in [-0.15, -0.1) is 11.3 Å². The molecule has 0 spiro atoms. The van der Waals surface area contributed by atoms with Gasteiger partial charge in [0, 0.05) is 17.6 Å². The number of aromatic nitrogens is 1. The summed E-state index contributed by atoms with van der Waals surface area (Å²) in [4.78, 5) is 43.4. The Bertz CT molecular complexity index is 684. The van der Waals surface area contributed by atoms with E-state index < -0.39 is 29.9 Å². The Kier molecular flexibility index (Phi) is 7.66. The Hall–Kier alpha value is -2.07. The Morgan fingerprint density at radius 2 is 2.22 bits per heavy atom. The maximum absolute atomic E-state index is 14.4. The average molecular weight is 400 g/mol. The number of aryl methyl sites for hydroxylation is 1. The van der Waals surface area contributed by atoms with Gasteiger partial charge in [0.15, 0.2) is 11.3 Å². The summed E-state index contributed by atoms with van der Waals surface area (Å²) in [6.07, 6.45) is 2.00. The molecule has 0 aromatic carbocycles. The summed E-state index contributed by atoms with van der Waals surface area (Å²) in [6, 6.07) is -0.727. The van der Waals surface area contributed by atoms with Crippen LogP contribution in [0, 0.1) is 12.8 Å². The number of hydroxylamine groups is 1. The average Bonchev–Trinajstić information content (AvgIpc) is 3.29. The number of nitrogens with one attached hydrogen (secondary N) is 2. The number of nitrogens with zero attached hydrogens (tertiary/aromatic N) is 2. The fourth-order valence-electron chi connectivity index (χ4n) is 3.18. The zero-order valence-corrected chi connectivity index (χ0v) is 16.2. The van der Waals surface area contributed by atoms with Crippen molar-refractivity contribution in [1.82, 2.24) is 15.4 Å². The van der Waals surface area contributed by atoms with Gasteiger partial charge in [0.2, 0.25) is 11.8 Å². The number of alkyl halides is 1. The summed E-state index contributed by atoms with van der Waals surface area (Å²) >= 11 is 1.33. The number of amides is 3. The Morgan fingerprint density at radius 3 is 2.81 bits per heavy atom. The molecule has 27 heavy (non-hydrogen) atoms. The van der Waals surface area contributed by atoms with Gasteiger partial charge in [-0.1, -0.05) is 19.8 Å². The van der Waals surface area contributed by atoms with Gasteiger partial charge in [0.1, 0.15) is 6.04 Å². The Labute approximate surface area is 161 Å². The smallest absolute Gasteiger partial charge is 0.278 e. The van der Waals surface area contributed by atoms with Gasteiger partial charge in [-0.25, -0.2) is 14.9 Å². The van der Waals surface area contributed by atoms with Crippen LogP contribution >= 0.6 is 11.3 Å². The van der Waals surface area contributed by atoms with Crippen molar-refractivity contribution in [2.75, 3.05) is 11.9 Å². The van der Waals surface area contributed by atoms with Crippen LogP contribution in [0.15, 0.2) is 6.20 Å². The molecule has 0 aliphatic carbocycles. The zero-order valence-electron chi connectivity index (χ0n) is 15.4. The van der Waals surface area contributed by atoms with Gasteiger partial charge in [-0.3, -0.25) is 19.6 Å². The lowest BCUT2D eigenvalue weighted by Gasteiger charge is -2.29. The molecule has 2 rings (SSSR count). The monoisotopic (exact) mass is 400 g/mol. The minimum atomic E-state index is -2.17. The molecule has 1 aliphatic rings. The third kappa shape index (κ3) is 5.23. The quantitative estimate of drug-likeness (QED) is 0.457. The van der Waals surface area contributed by atoms with E-state index in [1.807, 2.05) is 13.8 Å². The predicted molar refractivity (Wildman–Crippen MR) is 98.1 cm³/mol. The van der Waals surface area contributed by atoms with E-state index in [2.05, 4.69) is 10.3 Å². The number of unbranched alkanes of at least 4 members (excludes halogenated alkanes) is 1. The predicted octanol–water partition coefficient (Wildman–Crippen LogP) is 2.03. The van der Waals surface area contributed by atoms with Gasteiger partial charge in [0.05, 0.1) is 5.92 Å². The topological polar surface area (TPSA) is 112 Å². The molecule has 3 atom stereocenters. The van der Waals surface area contributed by atoms with Crippen LogP contribution < -0.4 is 10.8 Å². The van der Waals surface area contributed by atoms with Crippen LogP contribution in [0.3, 0.4) is 0 Å². The molecule has 1 aromatic rings. The van der Waals surface area contributed by atoms with E-state index in [0.29, 0.717) is 30.9 Å². The number of carbonyl (C=O) groups is 3. The van der Waals surface area contributed by atoms with Crippen LogP contribution in [-0.2, 0) is 14.4 Å². The Morgan fingerprint density at radius 1 is 1.48 bits per heavy atom. The van der Waals surface area contributed by atoms with E-state index >= 15 is 0 Å². The number of rotatable bonds is 8. The maximum Gasteiger partial charge on any atom is 0.278 e. The van der Waals surface area contributed by atoms with Gasteiger partial charge in [0.25, 0.3) is 5.91 Å². The van der Waals surface area contributed by atoms with Crippen molar-refractivity contribution in [2.24, 2.45) is 5.92 Å². The van der Waals surface area contributed by atoms with Crippen molar-refractivity contribution in [1.29, 1.82) is 0 Å². The maximum atomic E-state index is 14.4. The fraction of sp³-hybridized carbons (Fsp3) is 0.647. The third-order valence-electron chi connectivity index (χ3n) is 4.59. The molecular formula is C17H25FN4O4S. The summed E-state index contributed by atoms with van der Waals surface area (Å²) in [5, 5.41) is 11.8. The lowest BCUT2D eigenvalue weighted by Crippen LogP contribution is -2.49. The lowest BCUT2D eigenvalue weighted by molar-refractivity contribution is -0.148. The standard InChI is InChI=1S/C17H25FN4O4S/c1-3-4-6-11(13(18)15(24)21-26)16(25)22-8-5-7-12(22)14(23)20-17-19-9-10(2)27-17/h9,11-13,26H,3-8H2,1-2H3,(H,21,24)(H,19,20,23)/t11-,12+,13+/m1/s1. The van der Waals surface area contributed by atoms with Crippen molar-refractivity contribution in [3.63, 3.8) is 0 Å². The number of halogens is 1. The van der Waals surface area contributed by atoms with Crippen molar-refractivity contribution in [3.05, 3.63) is 11.1 Å². The second-order valence-corrected chi connectivity index (χ2v) is 7.82. The first-order valence-electron chi connectivity index (χ1n) is 9.00. The van der Waals surface area contributed by atoms with E-state index in [0.717, 1.165) is 11.3 Å². The SMILES string of the molecule is CCCC[C@@H](C(=O)N1CCC[C@H]1C(=O)Nc1ncc(C)s1)[C@H](F)C(=O)NO. The van der Waals surface area contributed by atoms with Crippen molar-refractivity contribution in [2.45, 2.75) is 58.2 Å². The molecule has 10 heteroatoms. The molecule has 1 saturated heterocycles. The molecule has 3 N–H and O–H groups in total. The van der Waals surface area contributed by atoms with Crippen LogP contribution in [0.2, 0.25) is 0 Å². The molecule has 1 aliphatic heterocycles. The molecule has 8 nitrogen and oxygen atoms in total. The third-order valence-corrected chi connectivity index (χ3v) is 5.42. The molecule has 0 unspecified atom stereocenters. The van der Waals surface area contributed by atoms with Crippen molar-refractivity contribution in [3.8, 4) is 0 Å². The summed E-state index contributed by atoms with van der Waals surface area (Å²) in [7, 11) is 0. The minimum Gasteiger partial charge on any atom is -0.330 e. The molecule has 150 valence electrons. The first kappa shape index (κ1) is 21.2. The molecular weight excluding hydrogens is 375 g/mol. The first-order valence-corrected chi connectivity index (χ1v) is 9.82. The van der Waals surface area contributed by atoms with Gasteiger partial charge in [-0.05, 0) is 26.2 Å². The molecule has 2 heterocycles. The fourth-order valence-corrected chi connectivity index (χ4v) is 3.85. The summed E-state index contributed by atoms with van der Waals surface area (Å²) < 4.78 is 14.4. The highest BCUT2D eigenvalue weighted by atomic mass is 32.1. The van der Waals surface area contributed by atoms with Crippen LogP contribution in [0.25, 0.3) is 0 Å². The van der Waals surface area contributed by atoms with Crippen molar-refractivity contribution < 1.29 is 24.0 Å². The van der Waals surface area contributed by atoms with E-state index in [9.17, 15) is 18.8 Å². The molecule has 0 saturated carbocycles. The van der Waals surface area contributed by atoms with E-state index in [1.165, 1.54) is 21.7 Å². The van der Waals surface area contributed by atoms with E-state index in [4.69, 9.17) is 5.21 Å². The van der Waals surface area contributed by atoms with Crippen LogP contribution in [0.4, 0.5) is 9.52 Å². The number of anilines is 1. The largest absolute Gasteiger partial charge is 0.330 e. The number of hydrogen-bond acceptors (Lipinski definition) is 6. The first-order chi connectivity index (χ1) is 12.9. The van der Waals surface area contributed by atoms with Crippen molar-refractivity contribution >= 4 is 34.2 Å². The van der Waals surface area contributed by atoms with Crippen LogP contribution in [0.1, 0.15) is 43.9 Å². The highest BCUT2D eigenvalue weighted by Gasteiger charge is 2.41.